The first kappa shape index (κ1) is 15.2. The van der Waals surface area contributed by atoms with Crippen molar-refractivity contribution in [3.05, 3.63) is 36.7 Å². The molecule has 6 heteroatoms. The van der Waals surface area contributed by atoms with Gasteiger partial charge in [0.15, 0.2) is 5.76 Å². The molecule has 0 spiro atoms. The highest BCUT2D eigenvalue weighted by Gasteiger charge is 2.36. The number of anilines is 1. The van der Waals surface area contributed by atoms with Crippen LogP contribution < -0.4 is 10.6 Å². The number of carbonyl (C=O) groups excluding carboxylic acids is 1. The second-order valence-electron chi connectivity index (χ2n) is 6.44. The number of urea groups is 1. The third-order valence-electron chi connectivity index (χ3n) is 4.61. The monoisotopic (exact) mass is 327 g/mol. The van der Waals surface area contributed by atoms with Gasteiger partial charge in [-0.25, -0.2) is 4.79 Å². The summed E-state index contributed by atoms with van der Waals surface area (Å²) in [7, 11) is 0. The Labute approximate surface area is 140 Å². The van der Waals surface area contributed by atoms with E-state index in [4.69, 9.17) is 9.15 Å². The number of hydrogen-bond donors (Lipinski definition) is 2. The molecule has 0 radical (unpaired) electrons. The molecule has 3 heterocycles. The lowest BCUT2D eigenvalue weighted by molar-refractivity contribution is -0.00889. The molecule has 2 unspecified atom stereocenters. The van der Waals surface area contributed by atoms with E-state index in [0.717, 1.165) is 19.4 Å². The lowest BCUT2D eigenvalue weighted by Gasteiger charge is -2.30. The molecule has 2 aromatic rings. The van der Waals surface area contributed by atoms with E-state index in [9.17, 15) is 4.79 Å². The SMILES string of the molecule is O=C(Nc1cccnc1-c1ccco1)NC1CCOC(C2CC2)C1. The van der Waals surface area contributed by atoms with Crippen molar-refractivity contribution in [2.45, 2.75) is 37.8 Å². The fourth-order valence-electron chi connectivity index (χ4n) is 3.22. The first-order valence-corrected chi connectivity index (χ1v) is 8.47. The minimum atomic E-state index is -0.211. The molecule has 2 fully saturated rings. The van der Waals surface area contributed by atoms with E-state index in [1.165, 1.54) is 12.8 Å². The Bertz CT molecular complexity index is 697. The van der Waals surface area contributed by atoms with E-state index in [-0.39, 0.29) is 12.1 Å². The topological polar surface area (TPSA) is 76.4 Å². The summed E-state index contributed by atoms with van der Waals surface area (Å²) in [6.07, 6.45) is 7.84. The Morgan fingerprint density at radius 1 is 1.21 bits per heavy atom. The highest BCUT2D eigenvalue weighted by Crippen LogP contribution is 2.38. The second kappa shape index (κ2) is 6.65. The third kappa shape index (κ3) is 3.43. The minimum absolute atomic E-state index is 0.160. The van der Waals surface area contributed by atoms with Gasteiger partial charge in [0.1, 0.15) is 5.69 Å². The Morgan fingerprint density at radius 2 is 2.12 bits per heavy atom. The van der Waals surface area contributed by atoms with Crippen molar-refractivity contribution in [2.24, 2.45) is 5.92 Å². The van der Waals surface area contributed by atoms with Gasteiger partial charge in [-0.05, 0) is 55.9 Å². The standard InChI is InChI=1S/C18H21N3O3/c22-18(20-13-7-10-24-16(11-13)12-5-6-12)21-14-3-1-8-19-17(14)15-4-2-9-23-15/h1-4,8-9,12-13,16H,5-7,10-11H2,(H2,20,21,22). The van der Waals surface area contributed by atoms with Crippen LogP contribution in [0.3, 0.4) is 0 Å². The van der Waals surface area contributed by atoms with Gasteiger partial charge in [-0.1, -0.05) is 0 Å². The molecule has 6 nitrogen and oxygen atoms in total. The zero-order chi connectivity index (χ0) is 16.4. The van der Waals surface area contributed by atoms with Gasteiger partial charge in [0, 0.05) is 18.8 Å². The van der Waals surface area contributed by atoms with E-state index in [1.807, 2.05) is 12.1 Å². The van der Waals surface area contributed by atoms with Crippen LogP contribution in [0, 0.1) is 5.92 Å². The van der Waals surface area contributed by atoms with E-state index in [2.05, 4.69) is 15.6 Å². The largest absolute Gasteiger partial charge is 0.463 e. The molecule has 1 aliphatic heterocycles. The molecule has 2 amide bonds. The van der Waals surface area contributed by atoms with Crippen LogP contribution in [0.2, 0.25) is 0 Å². The highest BCUT2D eigenvalue weighted by atomic mass is 16.5. The molecular formula is C18H21N3O3. The number of aromatic nitrogens is 1. The Morgan fingerprint density at radius 3 is 2.92 bits per heavy atom. The van der Waals surface area contributed by atoms with Gasteiger partial charge in [-0.3, -0.25) is 4.98 Å². The summed E-state index contributed by atoms with van der Waals surface area (Å²) in [5, 5.41) is 5.96. The molecule has 2 N–H and O–H groups in total. The number of amides is 2. The van der Waals surface area contributed by atoms with E-state index < -0.39 is 0 Å². The van der Waals surface area contributed by atoms with Gasteiger partial charge in [-0.15, -0.1) is 0 Å². The number of ether oxygens (including phenoxy) is 1. The zero-order valence-electron chi connectivity index (χ0n) is 13.4. The van der Waals surface area contributed by atoms with Crippen molar-refractivity contribution in [3.8, 4) is 11.5 Å². The predicted molar refractivity (Wildman–Crippen MR) is 89.6 cm³/mol. The molecule has 1 saturated carbocycles. The lowest BCUT2D eigenvalue weighted by Crippen LogP contribution is -2.44. The molecule has 24 heavy (non-hydrogen) atoms. The van der Waals surface area contributed by atoms with Gasteiger partial charge < -0.3 is 19.8 Å². The number of furan rings is 1. The predicted octanol–water partition coefficient (Wildman–Crippen LogP) is 3.42. The Balaban J connectivity index is 1.39. The molecule has 2 atom stereocenters. The number of pyridine rings is 1. The van der Waals surface area contributed by atoms with Crippen molar-refractivity contribution >= 4 is 11.7 Å². The number of carbonyl (C=O) groups is 1. The summed E-state index contributed by atoms with van der Waals surface area (Å²) in [6, 6.07) is 7.18. The van der Waals surface area contributed by atoms with Crippen LogP contribution in [-0.4, -0.2) is 29.8 Å². The molecule has 126 valence electrons. The van der Waals surface area contributed by atoms with Gasteiger partial charge in [0.25, 0.3) is 0 Å². The fourth-order valence-corrected chi connectivity index (χ4v) is 3.22. The van der Waals surface area contributed by atoms with Crippen molar-refractivity contribution in [1.82, 2.24) is 10.3 Å². The Kier molecular flexibility index (Phi) is 4.21. The number of hydrogen-bond acceptors (Lipinski definition) is 4. The van der Waals surface area contributed by atoms with Crippen molar-refractivity contribution in [3.63, 3.8) is 0 Å². The van der Waals surface area contributed by atoms with Crippen LogP contribution in [0.15, 0.2) is 41.1 Å². The van der Waals surface area contributed by atoms with Crippen LogP contribution in [0.1, 0.15) is 25.7 Å². The first-order valence-electron chi connectivity index (χ1n) is 8.47. The van der Waals surface area contributed by atoms with Gasteiger partial charge in [0.2, 0.25) is 0 Å². The summed E-state index contributed by atoms with van der Waals surface area (Å²) in [4.78, 5) is 16.7. The number of rotatable bonds is 4. The maximum atomic E-state index is 12.4. The van der Waals surface area contributed by atoms with Crippen molar-refractivity contribution in [2.75, 3.05) is 11.9 Å². The molecule has 0 bridgehead atoms. The molecule has 1 aliphatic carbocycles. The van der Waals surface area contributed by atoms with E-state index >= 15 is 0 Å². The van der Waals surface area contributed by atoms with Gasteiger partial charge >= 0.3 is 6.03 Å². The highest BCUT2D eigenvalue weighted by molar-refractivity contribution is 5.93. The quantitative estimate of drug-likeness (QED) is 0.902. The van der Waals surface area contributed by atoms with Crippen LogP contribution in [-0.2, 0) is 4.74 Å². The van der Waals surface area contributed by atoms with Gasteiger partial charge in [0.05, 0.1) is 18.1 Å². The normalized spacial score (nSPS) is 23.7. The zero-order valence-corrected chi connectivity index (χ0v) is 13.4. The summed E-state index contributed by atoms with van der Waals surface area (Å²) in [6.45, 7) is 0.719. The smallest absolute Gasteiger partial charge is 0.319 e. The van der Waals surface area contributed by atoms with Gasteiger partial charge in [-0.2, -0.15) is 0 Å². The minimum Gasteiger partial charge on any atom is -0.463 e. The van der Waals surface area contributed by atoms with E-state index in [0.29, 0.717) is 29.2 Å². The maximum Gasteiger partial charge on any atom is 0.319 e. The summed E-state index contributed by atoms with van der Waals surface area (Å²) in [5.41, 5.74) is 1.26. The number of nitrogens with one attached hydrogen (secondary N) is 2. The molecule has 1 saturated heterocycles. The van der Waals surface area contributed by atoms with Crippen molar-refractivity contribution < 1.29 is 13.9 Å². The van der Waals surface area contributed by atoms with Crippen LogP contribution in [0.4, 0.5) is 10.5 Å². The summed E-state index contributed by atoms with van der Waals surface area (Å²) >= 11 is 0. The van der Waals surface area contributed by atoms with E-state index in [1.54, 1.807) is 24.6 Å². The molecule has 4 rings (SSSR count). The molecular weight excluding hydrogens is 306 g/mol. The first-order chi connectivity index (χ1) is 11.8. The molecule has 2 aliphatic rings. The summed E-state index contributed by atoms with van der Waals surface area (Å²) in [5.74, 6) is 1.33. The number of nitrogens with zero attached hydrogens (tertiary/aromatic N) is 1. The van der Waals surface area contributed by atoms with Crippen LogP contribution in [0.25, 0.3) is 11.5 Å². The Hall–Kier alpha value is -2.34. The van der Waals surface area contributed by atoms with Crippen molar-refractivity contribution in [1.29, 1.82) is 0 Å². The maximum absolute atomic E-state index is 12.4. The fraction of sp³-hybridized carbons (Fsp3) is 0.444. The average Bonchev–Trinajstić information content (AvgIpc) is 3.31. The van der Waals surface area contributed by atoms with Crippen LogP contribution >= 0.6 is 0 Å². The molecule has 2 aromatic heterocycles. The average molecular weight is 327 g/mol. The third-order valence-corrected chi connectivity index (χ3v) is 4.61. The second-order valence-corrected chi connectivity index (χ2v) is 6.44. The lowest BCUT2D eigenvalue weighted by atomic mass is 10.0. The molecule has 0 aromatic carbocycles. The van der Waals surface area contributed by atoms with Crippen LogP contribution in [0.5, 0.6) is 0 Å². The summed E-state index contributed by atoms with van der Waals surface area (Å²) < 4.78 is 11.2.